The number of nitrogens with one attached hydrogen (secondary N) is 1. The number of hydrogen-bond donors (Lipinski definition) is 2. The van der Waals surface area contributed by atoms with Crippen LogP contribution in [0.2, 0.25) is 57.4 Å². The van der Waals surface area contributed by atoms with Crippen LogP contribution < -0.4 is 19.3 Å². The average molecular weight is 672 g/mol. The minimum absolute atomic E-state index is 0.0143. The van der Waals surface area contributed by atoms with Crippen LogP contribution in [-0.4, -0.2) is 72.6 Å². The highest BCUT2D eigenvalue weighted by Crippen LogP contribution is 2.58. The summed E-state index contributed by atoms with van der Waals surface area (Å²) in [5.74, 6) is -1.31. The third-order valence-corrected chi connectivity index (χ3v) is 15.7. The molecule has 10 nitrogen and oxygen atoms in total. The summed E-state index contributed by atoms with van der Waals surface area (Å²) >= 11 is 0. The smallest absolute Gasteiger partial charge is 0.305 e. The first kappa shape index (κ1) is 34.4. The molecule has 1 amide bonds. The van der Waals surface area contributed by atoms with Gasteiger partial charge in [-0.05, 0) is 69.0 Å². The van der Waals surface area contributed by atoms with Crippen molar-refractivity contribution in [2.45, 2.75) is 121 Å². The number of benzene rings is 1. The van der Waals surface area contributed by atoms with Gasteiger partial charge >= 0.3 is 5.97 Å². The Kier molecular flexibility index (Phi) is 9.12. The quantitative estimate of drug-likeness (QED) is 0.237. The van der Waals surface area contributed by atoms with Gasteiger partial charge in [0.1, 0.15) is 0 Å². The summed E-state index contributed by atoms with van der Waals surface area (Å²) in [4.78, 5) is 27.1. The number of carboxylic acid groups (broad SMARTS) is 1. The molecule has 242 valence electrons. The van der Waals surface area contributed by atoms with Crippen molar-refractivity contribution in [3.8, 4) is 17.2 Å². The van der Waals surface area contributed by atoms with Crippen molar-refractivity contribution >= 4 is 46.3 Å². The number of carboxylic acids is 1. The van der Waals surface area contributed by atoms with Gasteiger partial charge in [-0.25, -0.2) is 0 Å². The summed E-state index contributed by atoms with van der Waals surface area (Å²) in [6, 6.07) is 1.81. The van der Waals surface area contributed by atoms with Gasteiger partial charge in [0.25, 0.3) is 5.91 Å². The van der Waals surface area contributed by atoms with Crippen LogP contribution in [0.15, 0.2) is 6.07 Å². The first-order valence-electron chi connectivity index (χ1n) is 14.9. The van der Waals surface area contributed by atoms with Crippen molar-refractivity contribution in [2.24, 2.45) is 5.92 Å². The highest BCUT2D eigenvalue weighted by Gasteiger charge is 2.66. The summed E-state index contributed by atoms with van der Waals surface area (Å²) in [7, 11) is -4.78. The molecule has 1 aromatic carbocycles. The minimum atomic E-state index is -2.45. The van der Waals surface area contributed by atoms with Crippen LogP contribution in [0.3, 0.4) is 0 Å². The van der Waals surface area contributed by atoms with E-state index in [1.807, 2.05) is 6.07 Å². The van der Waals surface area contributed by atoms with Crippen LogP contribution in [0.1, 0.15) is 56.0 Å². The lowest BCUT2D eigenvalue weighted by atomic mass is 9.58. The van der Waals surface area contributed by atoms with Crippen LogP contribution in [0.5, 0.6) is 17.2 Å². The second kappa shape index (κ2) is 11.4. The van der Waals surface area contributed by atoms with E-state index in [0.717, 1.165) is 0 Å². The Balaban J connectivity index is 2.10. The highest BCUT2D eigenvalue weighted by atomic mass is 31.0. The van der Waals surface area contributed by atoms with Crippen molar-refractivity contribution in [1.82, 2.24) is 5.32 Å². The van der Waals surface area contributed by atoms with Crippen molar-refractivity contribution in [2.75, 3.05) is 6.79 Å². The van der Waals surface area contributed by atoms with Gasteiger partial charge in [-0.1, -0.05) is 27.7 Å². The second-order valence-corrected chi connectivity index (χ2v) is 29.5. The molecule has 43 heavy (non-hydrogen) atoms. The van der Waals surface area contributed by atoms with Gasteiger partial charge in [0.05, 0.1) is 45.3 Å². The molecule has 2 heterocycles. The van der Waals surface area contributed by atoms with Crippen molar-refractivity contribution in [3.63, 3.8) is 0 Å². The summed E-state index contributed by atoms with van der Waals surface area (Å²) in [6.45, 7) is 25.6. The fourth-order valence-corrected chi connectivity index (χ4v) is 10.2. The molecule has 2 N–H and O–H groups in total. The predicted octanol–water partition coefficient (Wildman–Crippen LogP) is 6.11. The van der Waals surface area contributed by atoms with Gasteiger partial charge in [0.2, 0.25) is 12.5 Å². The third kappa shape index (κ3) is 6.45. The molecule has 1 aromatic rings. The number of ether oxygens (including phenoxy) is 2. The Morgan fingerprint density at radius 1 is 1.05 bits per heavy atom. The maximum absolute atomic E-state index is 14.2. The molecule has 1 saturated carbocycles. The summed E-state index contributed by atoms with van der Waals surface area (Å²) in [5, 5.41) is 13.6. The minimum Gasteiger partial charge on any atom is -0.481 e. The molecule has 0 spiro atoms. The molecule has 1 fully saturated rings. The topological polar surface area (TPSA) is 122 Å². The Hall–Kier alpha value is -1.48. The Morgan fingerprint density at radius 2 is 1.65 bits per heavy atom. The van der Waals surface area contributed by atoms with Crippen molar-refractivity contribution in [3.05, 3.63) is 17.2 Å². The molecule has 1 unspecified atom stereocenters. The van der Waals surface area contributed by atoms with Gasteiger partial charge in [0.15, 0.2) is 36.5 Å². The molecule has 0 radical (unpaired) electrons. The lowest BCUT2D eigenvalue weighted by Gasteiger charge is -2.61. The molecular weight excluding hydrogens is 622 g/mol. The fraction of sp³-hybridized carbons (Fsp3) is 0.724. The molecule has 0 saturated heterocycles. The van der Waals surface area contributed by atoms with Crippen molar-refractivity contribution < 1.29 is 42.0 Å². The maximum Gasteiger partial charge on any atom is 0.305 e. The largest absolute Gasteiger partial charge is 0.481 e. The fourth-order valence-electron chi connectivity index (χ4n) is 6.36. The zero-order valence-corrected chi connectivity index (χ0v) is 31.8. The maximum atomic E-state index is 14.2. The lowest BCUT2D eigenvalue weighted by molar-refractivity contribution is -0.154. The number of carbonyl (C=O) groups excluding carboxylic acids is 1. The molecular formula is C29H50NO9PSi3. The van der Waals surface area contributed by atoms with E-state index in [9.17, 15) is 14.7 Å². The van der Waals surface area contributed by atoms with E-state index in [-0.39, 0.29) is 35.5 Å². The standard InChI is InChI=1S/C29H50NO9PSi3/c1-16-22(38-43(11,12)28(2,3)4)21-17-13-18-24(35-15-34-18)25(36-40)20(17)27(33)30-29(21,14-19(31)32)26(39-42(8,9)10)23(16)37-41(5,6)7/h13,16,21-23,26H,14-15,40H2,1-12H3,(H,30,33)(H,31,32)/t16-,21-,22+,23+,26+,29+/m0/s1. The van der Waals surface area contributed by atoms with Crippen LogP contribution in [0, 0.1) is 5.92 Å². The Morgan fingerprint density at radius 3 is 2.16 bits per heavy atom. The average Bonchev–Trinajstić information content (AvgIpc) is 3.29. The molecule has 0 bridgehead atoms. The Labute approximate surface area is 261 Å². The first-order chi connectivity index (χ1) is 19.5. The summed E-state index contributed by atoms with van der Waals surface area (Å²) < 4.78 is 38.4. The molecule has 3 aliphatic rings. The van der Waals surface area contributed by atoms with Crippen LogP contribution >= 0.6 is 9.47 Å². The second-order valence-electron chi connectivity index (χ2n) is 15.6. The number of fused-ring (bicyclic) bond motifs is 4. The summed E-state index contributed by atoms with van der Waals surface area (Å²) in [6.07, 6.45) is -2.15. The highest BCUT2D eigenvalue weighted by molar-refractivity contribution is 7.10. The number of hydrogen-bond acceptors (Lipinski definition) is 8. The van der Waals surface area contributed by atoms with E-state index in [1.54, 1.807) is 0 Å². The predicted molar refractivity (Wildman–Crippen MR) is 176 cm³/mol. The zero-order valence-electron chi connectivity index (χ0n) is 27.7. The van der Waals surface area contributed by atoms with E-state index in [4.69, 9.17) is 27.3 Å². The third-order valence-electron chi connectivity index (χ3n) is 9.05. The zero-order chi connectivity index (χ0) is 32.5. The van der Waals surface area contributed by atoms with Gasteiger partial charge in [-0.3, -0.25) is 9.59 Å². The van der Waals surface area contributed by atoms with E-state index in [1.165, 1.54) is 0 Å². The summed E-state index contributed by atoms with van der Waals surface area (Å²) in [5.41, 5.74) is -0.484. The van der Waals surface area contributed by atoms with Gasteiger partial charge < -0.3 is 37.7 Å². The number of amides is 1. The van der Waals surface area contributed by atoms with Crippen LogP contribution in [0.25, 0.3) is 0 Å². The van der Waals surface area contributed by atoms with E-state index < -0.39 is 66.6 Å². The van der Waals surface area contributed by atoms with E-state index >= 15 is 0 Å². The Bertz CT molecular complexity index is 1270. The molecule has 7 atom stereocenters. The molecule has 14 heteroatoms. The monoisotopic (exact) mass is 671 g/mol. The number of aliphatic carboxylic acids is 1. The molecule has 0 aromatic heterocycles. The van der Waals surface area contributed by atoms with Crippen molar-refractivity contribution in [1.29, 1.82) is 0 Å². The van der Waals surface area contributed by atoms with E-state index in [0.29, 0.717) is 17.1 Å². The first-order valence-corrected chi connectivity index (χ1v) is 25.1. The SMILES string of the molecule is C[C@@H]1[C@@H](O[Si](C)(C)C)[C@@H](O[Si](C)(C)C)[C@]2(CC(=O)O)NC(=O)c3c(cc4c(c3OP)OCO4)[C@H]2[C@@H]1O[Si](C)(C)C(C)(C)C. The van der Waals surface area contributed by atoms with Crippen LogP contribution in [0.4, 0.5) is 0 Å². The lowest BCUT2D eigenvalue weighted by Crippen LogP contribution is -2.76. The van der Waals surface area contributed by atoms with Gasteiger partial charge in [-0.15, -0.1) is 0 Å². The van der Waals surface area contributed by atoms with Gasteiger partial charge in [-0.2, -0.15) is 0 Å². The van der Waals surface area contributed by atoms with E-state index in [2.05, 4.69) is 94.9 Å². The molecule has 4 rings (SSSR count). The number of rotatable bonds is 9. The van der Waals surface area contributed by atoms with Crippen LogP contribution in [-0.2, 0) is 18.1 Å². The molecule has 1 aliphatic carbocycles. The number of carbonyl (C=O) groups is 2. The van der Waals surface area contributed by atoms with Gasteiger partial charge in [0, 0.05) is 11.8 Å². The molecule has 2 aliphatic heterocycles. The normalized spacial score (nSPS) is 29.0.